The Morgan fingerprint density at radius 2 is 1.83 bits per heavy atom. The van der Waals surface area contributed by atoms with Crippen molar-refractivity contribution < 1.29 is 9.90 Å². The van der Waals surface area contributed by atoms with E-state index in [1.165, 1.54) is 0 Å². The molecule has 1 aromatic rings. The number of carboxylic acid groups (broad SMARTS) is 1. The molecule has 1 aromatic heterocycles. The molecule has 0 amide bonds. The van der Waals surface area contributed by atoms with Gasteiger partial charge in [0.25, 0.3) is 0 Å². The van der Waals surface area contributed by atoms with E-state index in [4.69, 9.17) is 5.11 Å². The fraction of sp³-hybridized carbons (Fsp3) is 0.571. The third-order valence-electron chi connectivity index (χ3n) is 3.62. The highest BCUT2D eigenvalue weighted by Gasteiger charge is 2.24. The van der Waals surface area contributed by atoms with E-state index in [1.54, 1.807) is 12.1 Å². The fourth-order valence-electron chi connectivity index (χ4n) is 2.14. The Hall–Kier alpha value is -1.58. The smallest absolute Gasteiger partial charge is 0.335 e. The summed E-state index contributed by atoms with van der Waals surface area (Å²) in [6.07, 6.45) is 2.95. The molecular weight excluding hydrogens is 228 g/mol. The Balaban J connectivity index is 3.06. The molecule has 0 aliphatic carbocycles. The highest BCUT2D eigenvalue weighted by atomic mass is 16.4. The summed E-state index contributed by atoms with van der Waals surface area (Å²) in [6.45, 7) is 8.21. The Bertz CT molecular complexity index is 418. The van der Waals surface area contributed by atoms with E-state index < -0.39 is 5.97 Å². The first kappa shape index (κ1) is 14.5. The minimum atomic E-state index is -0.918. The maximum absolute atomic E-state index is 11.0. The number of anilines is 1. The minimum Gasteiger partial charge on any atom is -0.478 e. The largest absolute Gasteiger partial charge is 0.478 e. The lowest BCUT2D eigenvalue weighted by Crippen LogP contribution is -2.36. The summed E-state index contributed by atoms with van der Waals surface area (Å²) in [7, 11) is 0. The first-order valence-corrected chi connectivity index (χ1v) is 6.46. The van der Waals surface area contributed by atoms with Crippen molar-refractivity contribution in [1.82, 2.24) is 4.98 Å². The summed E-state index contributed by atoms with van der Waals surface area (Å²) in [4.78, 5) is 15.4. The first-order valence-electron chi connectivity index (χ1n) is 6.46. The summed E-state index contributed by atoms with van der Waals surface area (Å²) >= 11 is 0. The van der Waals surface area contributed by atoms with Gasteiger partial charge in [-0.25, -0.2) is 9.78 Å². The number of nitrogens with zero attached hydrogens (tertiary/aromatic N) is 1. The number of nitrogens with one attached hydrogen (secondary N) is 1. The molecule has 0 spiro atoms. The van der Waals surface area contributed by atoms with Crippen molar-refractivity contribution in [2.24, 2.45) is 0 Å². The second-order valence-electron chi connectivity index (χ2n) is 4.65. The van der Waals surface area contributed by atoms with Crippen LogP contribution in [0.2, 0.25) is 0 Å². The molecule has 0 bridgehead atoms. The first-order chi connectivity index (χ1) is 8.46. The van der Waals surface area contributed by atoms with Crippen molar-refractivity contribution in [3.63, 3.8) is 0 Å². The van der Waals surface area contributed by atoms with Gasteiger partial charge in [0.05, 0.1) is 5.56 Å². The standard InChI is InChI=1S/C14H22N2O2/c1-5-14(6-2,7-3)16-12-9-11(13(17)18)8-10(4)15-12/h8-9H,5-7H2,1-4H3,(H,15,16)(H,17,18). The molecule has 18 heavy (non-hydrogen) atoms. The second-order valence-corrected chi connectivity index (χ2v) is 4.65. The molecule has 0 aliphatic heterocycles. The summed E-state index contributed by atoms with van der Waals surface area (Å²) < 4.78 is 0. The van der Waals surface area contributed by atoms with Crippen LogP contribution in [0.15, 0.2) is 12.1 Å². The molecular formula is C14H22N2O2. The van der Waals surface area contributed by atoms with Gasteiger partial charge in [-0.2, -0.15) is 0 Å². The molecule has 0 fully saturated rings. The fourth-order valence-corrected chi connectivity index (χ4v) is 2.14. The molecule has 1 rings (SSSR count). The SMILES string of the molecule is CCC(CC)(CC)Nc1cc(C(=O)O)cc(C)n1. The number of pyridine rings is 1. The van der Waals surface area contributed by atoms with E-state index in [9.17, 15) is 4.79 Å². The van der Waals surface area contributed by atoms with Gasteiger partial charge in [-0.05, 0) is 38.3 Å². The van der Waals surface area contributed by atoms with Crippen molar-refractivity contribution in [2.75, 3.05) is 5.32 Å². The molecule has 0 radical (unpaired) electrons. The minimum absolute atomic E-state index is 0.00341. The number of carbonyl (C=O) groups is 1. The average Bonchev–Trinajstić information content (AvgIpc) is 2.35. The van der Waals surface area contributed by atoms with Crippen LogP contribution in [0.1, 0.15) is 56.1 Å². The number of carboxylic acids is 1. The summed E-state index contributed by atoms with van der Waals surface area (Å²) in [5.41, 5.74) is 0.994. The lowest BCUT2D eigenvalue weighted by molar-refractivity contribution is 0.0696. The van der Waals surface area contributed by atoms with Crippen molar-refractivity contribution in [3.8, 4) is 0 Å². The van der Waals surface area contributed by atoms with Gasteiger partial charge in [0.15, 0.2) is 0 Å². The van der Waals surface area contributed by atoms with Gasteiger partial charge in [0.1, 0.15) is 5.82 Å². The Labute approximate surface area is 108 Å². The van der Waals surface area contributed by atoms with Gasteiger partial charge >= 0.3 is 5.97 Å². The molecule has 0 saturated carbocycles. The lowest BCUT2D eigenvalue weighted by Gasteiger charge is -2.32. The molecule has 0 saturated heterocycles. The van der Waals surface area contributed by atoms with Crippen molar-refractivity contribution in [2.45, 2.75) is 52.5 Å². The van der Waals surface area contributed by atoms with Crippen molar-refractivity contribution in [1.29, 1.82) is 0 Å². The van der Waals surface area contributed by atoms with Crippen molar-refractivity contribution >= 4 is 11.8 Å². The van der Waals surface area contributed by atoms with Crippen LogP contribution < -0.4 is 5.32 Å². The zero-order valence-corrected chi connectivity index (χ0v) is 11.6. The third-order valence-corrected chi connectivity index (χ3v) is 3.62. The Morgan fingerprint density at radius 3 is 2.28 bits per heavy atom. The summed E-state index contributed by atoms with van der Waals surface area (Å²) in [6, 6.07) is 3.18. The maximum atomic E-state index is 11.0. The van der Waals surface area contributed by atoms with Gasteiger partial charge < -0.3 is 10.4 Å². The highest BCUT2D eigenvalue weighted by Crippen LogP contribution is 2.25. The zero-order chi connectivity index (χ0) is 13.8. The monoisotopic (exact) mass is 250 g/mol. The van der Waals surface area contributed by atoms with E-state index in [2.05, 4.69) is 31.1 Å². The zero-order valence-electron chi connectivity index (χ0n) is 11.6. The number of aromatic nitrogens is 1. The van der Waals surface area contributed by atoms with Gasteiger partial charge in [-0.3, -0.25) is 0 Å². The van der Waals surface area contributed by atoms with Gasteiger partial charge in [0, 0.05) is 11.2 Å². The van der Waals surface area contributed by atoms with E-state index in [1.807, 2.05) is 6.92 Å². The van der Waals surface area contributed by atoms with Crippen LogP contribution in [0.3, 0.4) is 0 Å². The van der Waals surface area contributed by atoms with Crippen LogP contribution in [-0.2, 0) is 0 Å². The van der Waals surface area contributed by atoms with E-state index >= 15 is 0 Å². The van der Waals surface area contributed by atoms with Crippen LogP contribution in [0.4, 0.5) is 5.82 Å². The normalized spacial score (nSPS) is 11.3. The Morgan fingerprint density at radius 1 is 1.28 bits per heavy atom. The summed E-state index contributed by atoms with van der Waals surface area (Å²) in [5, 5.41) is 12.5. The van der Waals surface area contributed by atoms with Crippen LogP contribution in [-0.4, -0.2) is 21.6 Å². The van der Waals surface area contributed by atoms with Crippen LogP contribution in [0, 0.1) is 6.92 Å². The number of hydrogen-bond donors (Lipinski definition) is 2. The van der Waals surface area contributed by atoms with Crippen LogP contribution in [0.5, 0.6) is 0 Å². The highest BCUT2D eigenvalue weighted by molar-refractivity contribution is 5.88. The lowest BCUT2D eigenvalue weighted by atomic mass is 9.90. The van der Waals surface area contributed by atoms with E-state index in [-0.39, 0.29) is 11.1 Å². The van der Waals surface area contributed by atoms with Crippen LogP contribution in [0.25, 0.3) is 0 Å². The van der Waals surface area contributed by atoms with Gasteiger partial charge in [-0.1, -0.05) is 20.8 Å². The molecule has 0 unspecified atom stereocenters. The topological polar surface area (TPSA) is 62.2 Å². The summed E-state index contributed by atoms with van der Waals surface area (Å²) in [5.74, 6) is -0.267. The number of rotatable bonds is 6. The predicted molar refractivity (Wildman–Crippen MR) is 73.2 cm³/mol. The molecule has 4 nitrogen and oxygen atoms in total. The third kappa shape index (κ3) is 3.22. The average molecular weight is 250 g/mol. The second kappa shape index (κ2) is 5.85. The molecule has 0 aromatic carbocycles. The van der Waals surface area contributed by atoms with E-state index in [0.717, 1.165) is 25.0 Å². The quantitative estimate of drug-likeness (QED) is 0.811. The number of aryl methyl sites for hydroxylation is 1. The molecule has 0 atom stereocenters. The molecule has 2 N–H and O–H groups in total. The molecule has 100 valence electrons. The van der Waals surface area contributed by atoms with E-state index in [0.29, 0.717) is 5.82 Å². The van der Waals surface area contributed by atoms with Crippen molar-refractivity contribution in [3.05, 3.63) is 23.4 Å². The van der Waals surface area contributed by atoms with Crippen LogP contribution >= 0.6 is 0 Å². The maximum Gasteiger partial charge on any atom is 0.335 e. The van der Waals surface area contributed by atoms with Gasteiger partial charge in [-0.15, -0.1) is 0 Å². The molecule has 4 heteroatoms. The molecule has 0 aliphatic rings. The number of hydrogen-bond acceptors (Lipinski definition) is 3. The number of aromatic carboxylic acids is 1. The predicted octanol–water partition coefficient (Wildman–Crippen LogP) is 3.47. The molecule has 1 heterocycles. The van der Waals surface area contributed by atoms with Gasteiger partial charge in [0.2, 0.25) is 0 Å². The Kier molecular flexibility index (Phi) is 4.70.